The minimum Gasteiger partial charge on any atom is -0.444 e. The number of non-ortho nitro benzene ring substituents is 1. The van der Waals surface area contributed by atoms with Crippen molar-refractivity contribution in [2.75, 3.05) is 12.4 Å². The van der Waals surface area contributed by atoms with Crippen molar-refractivity contribution in [2.24, 2.45) is 0 Å². The van der Waals surface area contributed by atoms with Crippen molar-refractivity contribution in [1.29, 1.82) is 0 Å². The minimum absolute atomic E-state index is 0.0206. The standard InChI is InChI=1S/C21H25N3O5/c1-14(16-7-6-8-18(13-16)24(27)28)23(5)19(25)15-9-11-17(12-10-15)22-20(26)29-21(2,3)4/h6-14H,1-5H3,(H,22,26)/t14-/m1/s1. The molecule has 1 atom stereocenters. The van der Waals surface area contributed by atoms with Gasteiger partial charge in [-0.05, 0) is 57.5 Å². The molecule has 8 heteroatoms. The summed E-state index contributed by atoms with van der Waals surface area (Å²) in [6, 6.07) is 12.3. The molecule has 2 aromatic rings. The number of carbonyl (C=O) groups is 2. The molecule has 0 heterocycles. The number of rotatable bonds is 5. The molecule has 0 unspecified atom stereocenters. The molecule has 0 bridgehead atoms. The number of amides is 2. The van der Waals surface area contributed by atoms with E-state index in [1.54, 1.807) is 71.1 Å². The maximum Gasteiger partial charge on any atom is 0.412 e. The van der Waals surface area contributed by atoms with Gasteiger partial charge in [0.25, 0.3) is 11.6 Å². The lowest BCUT2D eigenvalue weighted by Gasteiger charge is -2.25. The molecule has 1 N–H and O–H groups in total. The molecular formula is C21H25N3O5. The Hall–Kier alpha value is -3.42. The minimum atomic E-state index is -0.606. The Morgan fingerprint density at radius 2 is 1.76 bits per heavy atom. The molecule has 0 radical (unpaired) electrons. The van der Waals surface area contributed by atoms with Crippen molar-refractivity contribution >= 4 is 23.4 Å². The number of benzene rings is 2. The second kappa shape index (κ2) is 8.72. The van der Waals surface area contributed by atoms with Crippen LogP contribution in [0.5, 0.6) is 0 Å². The van der Waals surface area contributed by atoms with Crippen LogP contribution >= 0.6 is 0 Å². The molecule has 8 nitrogen and oxygen atoms in total. The summed E-state index contributed by atoms with van der Waals surface area (Å²) in [6.45, 7) is 7.11. The van der Waals surface area contributed by atoms with Crippen molar-refractivity contribution < 1.29 is 19.2 Å². The van der Waals surface area contributed by atoms with Crippen molar-refractivity contribution in [2.45, 2.75) is 39.3 Å². The van der Waals surface area contributed by atoms with E-state index in [1.165, 1.54) is 17.0 Å². The number of nitrogens with zero attached hydrogens (tertiary/aromatic N) is 2. The second-order valence-corrected chi connectivity index (χ2v) is 7.65. The van der Waals surface area contributed by atoms with Gasteiger partial charge in [-0.25, -0.2) is 4.79 Å². The number of anilines is 1. The Labute approximate surface area is 169 Å². The van der Waals surface area contributed by atoms with Crippen molar-refractivity contribution in [3.8, 4) is 0 Å². The van der Waals surface area contributed by atoms with E-state index >= 15 is 0 Å². The molecule has 29 heavy (non-hydrogen) atoms. The molecular weight excluding hydrogens is 374 g/mol. The van der Waals surface area contributed by atoms with E-state index in [-0.39, 0.29) is 17.6 Å². The number of carbonyl (C=O) groups excluding carboxylic acids is 2. The van der Waals surface area contributed by atoms with Gasteiger partial charge in [-0.1, -0.05) is 12.1 Å². The fraction of sp³-hybridized carbons (Fsp3) is 0.333. The molecule has 0 saturated heterocycles. The lowest BCUT2D eigenvalue weighted by molar-refractivity contribution is -0.384. The summed E-state index contributed by atoms with van der Waals surface area (Å²) in [7, 11) is 1.64. The van der Waals surface area contributed by atoms with Crippen LogP contribution in [0.2, 0.25) is 0 Å². The molecule has 0 aliphatic carbocycles. The van der Waals surface area contributed by atoms with Gasteiger partial charge in [-0.3, -0.25) is 20.2 Å². The van der Waals surface area contributed by atoms with Gasteiger partial charge < -0.3 is 9.64 Å². The highest BCUT2D eigenvalue weighted by Gasteiger charge is 2.21. The SMILES string of the molecule is C[C@H](c1cccc([N+](=O)[O-])c1)N(C)C(=O)c1ccc(NC(=O)OC(C)(C)C)cc1. The van der Waals surface area contributed by atoms with E-state index in [0.717, 1.165) is 0 Å². The highest BCUT2D eigenvalue weighted by molar-refractivity contribution is 5.95. The molecule has 2 amide bonds. The zero-order valence-electron chi connectivity index (χ0n) is 17.1. The zero-order valence-corrected chi connectivity index (χ0v) is 17.1. The maximum atomic E-state index is 12.8. The van der Waals surface area contributed by atoms with Crippen molar-refractivity contribution in [3.63, 3.8) is 0 Å². The highest BCUT2D eigenvalue weighted by Crippen LogP contribution is 2.24. The number of ether oxygens (including phenoxy) is 1. The largest absolute Gasteiger partial charge is 0.444 e. The van der Waals surface area contributed by atoms with Gasteiger partial charge in [-0.15, -0.1) is 0 Å². The summed E-state index contributed by atoms with van der Waals surface area (Å²) in [4.78, 5) is 36.6. The van der Waals surface area contributed by atoms with Gasteiger partial charge >= 0.3 is 6.09 Å². The van der Waals surface area contributed by atoms with E-state index < -0.39 is 16.6 Å². The van der Waals surface area contributed by atoms with Crippen molar-refractivity contribution in [3.05, 3.63) is 69.8 Å². The molecule has 0 aromatic heterocycles. The van der Waals surface area contributed by atoms with Gasteiger partial charge in [0.2, 0.25) is 0 Å². The third kappa shape index (κ3) is 6.03. The van der Waals surface area contributed by atoms with Crippen molar-refractivity contribution in [1.82, 2.24) is 4.90 Å². The van der Waals surface area contributed by atoms with Crippen LogP contribution in [0.15, 0.2) is 48.5 Å². The first-order valence-corrected chi connectivity index (χ1v) is 9.09. The fourth-order valence-electron chi connectivity index (χ4n) is 2.62. The first-order valence-electron chi connectivity index (χ1n) is 9.09. The highest BCUT2D eigenvalue weighted by atomic mass is 16.6. The zero-order chi connectivity index (χ0) is 21.8. The summed E-state index contributed by atoms with van der Waals surface area (Å²) >= 11 is 0. The lowest BCUT2D eigenvalue weighted by atomic mass is 10.1. The Balaban J connectivity index is 2.08. The Morgan fingerprint density at radius 3 is 2.31 bits per heavy atom. The van der Waals surface area contributed by atoms with Crippen LogP contribution in [0.1, 0.15) is 49.7 Å². The molecule has 2 aromatic carbocycles. The number of nitrogens with one attached hydrogen (secondary N) is 1. The van der Waals surface area contributed by atoms with Crippen LogP contribution in [0.4, 0.5) is 16.2 Å². The normalized spacial score (nSPS) is 12.0. The third-order valence-electron chi connectivity index (χ3n) is 4.24. The second-order valence-electron chi connectivity index (χ2n) is 7.65. The average Bonchev–Trinajstić information content (AvgIpc) is 2.65. The number of hydrogen-bond donors (Lipinski definition) is 1. The first kappa shape index (κ1) is 21.9. The fourth-order valence-corrected chi connectivity index (χ4v) is 2.62. The first-order chi connectivity index (χ1) is 13.5. The van der Waals surface area contributed by atoms with E-state index in [1.807, 2.05) is 0 Å². The molecule has 0 spiro atoms. The summed E-state index contributed by atoms with van der Waals surface area (Å²) in [5, 5.41) is 13.6. The predicted octanol–water partition coefficient (Wildman–Crippen LogP) is 4.78. The number of hydrogen-bond acceptors (Lipinski definition) is 5. The van der Waals surface area contributed by atoms with Gasteiger partial charge in [0, 0.05) is 30.4 Å². The van der Waals surface area contributed by atoms with E-state index in [2.05, 4.69) is 5.32 Å². The number of nitro benzene ring substituents is 1. The molecule has 2 rings (SSSR count). The smallest absolute Gasteiger partial charge is 0.412 e. The van der Waals surface area contributed by atoms with E-state index in [9.17, 15) is 19.7 Å². The van der Waals surface area contributed by atoms with Gasteiger partial charge in [-0.2, -0.15) is 0 Å². The van der Waals surface area contributed by atoms with Gasteiger partial charge in [0.1, 0.15) is 5.60 Å². The summed E-state index contributed by atoms with van der Waals surface area (Å²) in [5.41, 5.74) is 0.974. The summed E-state index contributed by atoms with van der Waals surface area (Å²) in [5.74, 6) is -0.243. The Bertz CT molecular complexity index is 903. The third-order valence-corrected chi connectivity index (χ3v) is 4.24. The Kier molecular flexibility index (Phi) is 6.58. The summed E-state index contributed by atoms with van der Waals surface area (Å²) < 4.78 is 5.19. The monoisotopic (exact) mass is 399 g/mol. The van der Waals surface area contributed by atoms with Crippen LogP contribution in [0.3, 0.4) is 0 Å². The van der Waals surface area contributed by atoms with Crippen LogP contribution in [0.25, 0.3) is 0 Å². The topological polar surface area (TPSA) is 102 Å². The van der Waals surface area contributed by atoms with Gasteiger partial charge in [0.05, 0.1) is 11.0 Å². The molecule has 0 saturated carbocycles. The van der Waals surface area contributed by atoms with E-state index in [0.29, 0.717) is 16.8 Å². The molecule has 154 valence electrons. The predicted molar refractivity (Wildman–Crippen MR) is 110 cm³/mol. The van der Waals surface area contributed by atoms with E-state index in [4.69, 9.17) is 4.74 Å². The summed E-state index contributed by atoms with van der Waals surface area (Å²) in [6.07, 6.45) is -0.576. The average molecular weight is 399 g/mol. The Morgan fingerprint density at radius 1 is 1.14 bits per heavy atom. The molecule has 0 aliphatic heterocycles. The van der Waals surface area contributed by atoms with Crippen LogP contribution in [-0.2, 0) is 4.74 Å². The van der Waals surface area contributed by atoms with Crippen LogP contribution < -0.4 is 5.32 Å². The van der Waals surface area contributed by atoms with Crippen LogP contribution in [0, 0.1) is 10.1 Å². The lowest BCUT2D eigenvalue weighted by Crippen LogP contribution is -2.29. The quantitative estimate of drug-likeness (QED) is 0.576. The maximum absolute atomic E-state index is 12.8. The molecule has 0 fully saturated rings. The van der Waals surface area contributed by atoms with Gasteiger partial charge in [0.15, 0.2) is 0 Å². The van der Waals surface area contributed by atoms with Crippen LogP contribution in [-0.4, -0.2) is 34.5 Å². The number of nitro groups is 1. The molecule has 0 aliphatic rings.